The largest absolute Gasteiger partial charge is 0.452 e. The van der Waals surface area contributed by atoms with Gasteiger partial charge in [0.15, 0.2) is 6.61 Å². The first-order valence-corrected chi connectivity index (χ1v) is 12.1. The Morgan fingerprint density at radius 2 is 1.75 bits per heavy atom. The third kappa shape index (κ3) is 4.37. The molecule has 4 rings (SSSR count). The second kappa shape index (κ2) is 8.95. The number of hydrogen-bond donors (Lipinski definition) is 1. The van der Waals surface area contributed by atoms with Crippen molar-refractivity contribution in [1.29, 1.82) is 0 Å². The lowest BCUT2D eigenvalue weighted by atomic mass is 10.2. The summed E-state index contributed by atoms with van der Waals surface area (Å²) in [5.74, 6) is -1.27. The van der Waals surface area contributed by atoms with E-state index in [4.69, 9.17) is 16.3 Å². The molecule has 1 aliphatic rings. The third-order valence-corrected chi connectivity index (χ3v) is 7.49. The fourth-order valence-electron chi connectivity index (χ4n) is 3.18. The van der Waals surface area contributed by atoms with Crippen molar-refractivity contribution in [1.82, 2.24) is 4.72 Å². The molecule has 1 N–H and O–H groups in total. The molecule has 0 spiro atoms. The summed E-state index contributed by atoms with van der Waals surface area (Å²) in [5, 5.41) is 0.473. The van der Waals surface area contributed by atoms with Crippen LogP contribution >= 0.6 is 23.4 Å². The molecule has 1 aliphatic heterocycles. The fourth-order valence-corrected chi connectivity index (χ4v) is 5.16. The molecule has 0 saturated carbocycles. The average Bonchev–Trinajstić information content (AvgIpc) is 2.81. The highest BCUT2D eigenvalue weighted by atomic mass is 35.5. The Hall–Kier alpha value is -2.85. The van der Waals surface area contributed by atoms with Gasteiger partial charge in [0.25, 0.3) is 5.91 Å². The van der Waals surface area contributed by atoms with E-state index in [1.807, 2.05) is 24.3 Å². The summed E-state index contributed by atoms with van der Waals surface area (Å²) in [6.45, 7) is -0.535. The quantitative estimate of drug-likeness (QED) is 0.540. The van der Waals surface area contributed by atoms with Crippen molar-refractivity contribution in [2.45, 2.75) is 14.7 Å². The topological polar surface area (TPSA) is 92.8 Å². The van der Waals surface area contributed by atoms with Crippen LogP contribution in [0, 0.1) is 0 Å². The molecule has 0 aliphatic carbocycles. The number of benzene rings is 3. The molecule has 7 nitrogen and oxygen atoms in total. The summed E-state index contributed by atoms with van der Waals surface area (Å²) in [5.41, 5.74) is 1.28. The molecule has 0 unspecified atom stereocenters. The van der Waals surface area contributed by atoms with Crippen molar-refractivity contribution in [3.05, 3.63) is 77.3 Å². The highest BCUT2D eigenvalue weighted by molar-refractivity contribution is 7.99. The molecular formula is C22H17ClN2O5S2. The van der Waals surface area contributed by atoms with Crippen LogP contribution in [0.5, 0.6) is 0 Å². The first kappa shape index (κ1) is 22.3. The Balaban J connectivity index is 1.57. The van der Waals surface area contributed by atoms with Crippen LogP contribution in [-0.4, -0.2) is 33.9 Å². The van der Waals surface area contributed by atoms with Crippen molar-refractivity contribution in [3.63, 3.8) is 0 Å². The Bertz CT molecular complexity index is 1330. The predicted molar refractivity (Wildman–Crippen MR) is 122 cm³/mol. The van der Waals surface area contributed by atoms with Crippen molar-refractivity contribution in [2.24, 2.45) is 0 Å². The van der Waals surface area contributed by atoms with Crippen molar-refractivity contribution in [3.8, 4) is 0 Å². The number of sulfonamides is 1. The molecule has 164 valence electrons. The van der Waals surface area contributed by atoms with Crippen molar-refractivity contribution in [2.75, 3.05) is 18.6 Å². The molecule has 1 amide bonds. The lowest BCUT2D eigenvalue weighted by Crippen LogP contribution is -2.32. The summed E-state index contributed by atoms with van der Waals surface area (Å²) in [6, 6.07) is 18.1. The lowest BCUT2D eigenvalue weighted by molar-refractivity contribution is -0.121. The predicted octanol–water partition coefficient (Wildman–Crippen LogP) is 4.23. The SMILES string of the molecule is CNS(=O)(=O)c1cccc(C(=O)OCC(=O)N2c3ccccc3Sc3ccc(Cl)cc32)c1. The minimum Gasteiger partial charge on any atom is -0.452 e. The molecule has 3 aromatic rings. The van der Waals surface area contributed by atoms with Crippen LogP contribution in [0.2, 0.25) is 5.02 Å². The van der Waals surface area contributed by atoms with Gasteiger partial charge in [-0.2, -0.15) is 0 Å². The first-order chi connectivity index (χ1) is 15.3. The zero-order chi connectivity index (χ0) is 22.9. The molecule has 10 heteroatoms. The lowest BCUT2D eigenvalue weighted by Gasteiger charge is -2.31. The molecule has 0 saturated heterocycles. The number of carbonyl (C=O) groups is 2. The monoisotopic (exact) mass is 488 g/mol. The second-order valence-corrected chi connectivity index (χ2v) is 10.1. The number of nitrogens with one attached hydrogen (secondary N) is 1. The van der Waals surface area contributed by atoms with Gasteiger partial charge in [-0.3, -0.25) is 9.69 Å². The molecule has 1 heterocycles. The van der Waals surface area contributed by atoms with E-state index < -0.39 is 28.5 Å². The number of fused-ring (bicyclic) bond motifs is 2. The van der Waals surface area contributed by atoms with Gasteiger partial charge in [0.1, 0.15) is 0 Å². The number of amides is 1. The third-order valence-electron chi connectivity index (χ3n) is 4.71. The minimum atomic E-state index is -3.72. The van der Waals surface area contributed by atoms with Gasteiger partial charge < -0.3 is 4.74 Å². The number of nitrogens with zero attached hydrogens (tertiary/aromatic N) is 1. The molecule has 0 aromatic heterocycles. The van der Waals surface area contributed by atoms with E-state index in [1.165, 1.54) is 48.0 Å². The van der Waals surface area contributed by atoms with E-state index in [0.29, 0.717) is 16.4 Å². The van der Waals surface area contributed by atoms with E-state index in [0.717, 1.165) is 9.79 Å². The van der Waals surface area contributed by atoms with Gasteiger partial charge in [0, 0.05) is 14.8 Å². The normalized spacial score (nSPS) is 12.6. The fraction of sp³-hybridized carbons (Fsp3) is 0.0909. The van der Waals surface area contributed by atoms with Crippen LogP contribution in [0.15, 0.2) is 81.4 Å². The van der Waals surface area contributed by atoms with Crippen LogP contribution in [0.3, 0.4) is 0 Å². The Morgan fingerprint density at radius 3 is 2.53 bits per heavy atom. The van der Waals surface area contributed by atoms with Gasteiger partial charge in [-0.15, -0.1) is 0 Å². The summed E-state index contributed by atoms with van der Waals surface area (Å²) in [4.78, 5) is 28.8. The van der Waals surface area contributed by atoms with Crippen molar-refractivity contribution >= 4 is 56.6 Å². The van der Waals surface area contributed by atoms with Gasteiger partial charge in [-0.05, 0) is 55.6 Å². The minimum absolute atomic E-state index is 0.0205. The number of rotatable bonds is 5. The standard InChI is InChI=1S/C22H17ClN2O5S2/c1-24-32(28,29)16-6-4-5-14(11-16)22(27)30-13-21(26)25-17-7-2-3-8-19(17)31-20-10-9-15(23)12-18(20)25/h2-12,24H,13H2,1H3. The summed E-state index contributed by atoms with van der Waals surface area (Å²) in [7, 11) is -2.45. The highest BCUT2D eigenvalue weighted by Crippen LogP contribution is 2.48. The molecule has 0 atom stereocenters. The van der Waals surface area contributed by atoms with Crippen LogP contribution in [0.25, 0.3) is 0 Å². The molecule has 3 aromatic carbocycles. The number of para-hydroxylation sites is 1. The maximum absolute atomic E-state index is 13.1. The smallest absolute Gasteiger partial charge is 0.338 e. The number of hydrogen-bond acceptors (Lipinski definition) is 6. The van der Waals surface area contributed by atoms with Gasteiger partial charge in [0.2, 0.25) is 10.0 Å². The maximum atomic E-state index is 13.1. The van der Waals surface area contributed by atoms with Crippen LogP contribution in [-0.2, 0) is 19.6 Å². The molecule has 0 radical (unpaired) electrons. The van der Waals surface area contributed by atoms with Crippen LogP contribution in [0.1, 0.15) is 10.4 Å². The van der Waals surface area contributed by atoms with E-state index in [2.05, 4.69) is 4.72 Å². The first-order valence-electron chi connectivity index (χ1n) is 9.40. The molecular weight excluding hydrogens is 472 g/mol. The Morgan fingerprint density at radius 1 is 1.00 bits per heavy atom. The number of halogens is 1. The zero-order valence-electron chi connectivity index (χ0n) is 16.7. The summed E-state index contributed by atoms with van der Waals surface area (Å²) < 4.78 is 31.4. The Labute approximate surface area is 194 Å². The van der Waals surface area contributed by atoms with Crippen molar-refractivity contribution < 1.29 is 22.7 Å². The average molecular weight is 489 g/mol. The van der Waals surface area contributed by atoms with Gasteiger partial charge in [-0.25, -0.2) is 17.9 Å². The van der Waals surface area contributed by atoms with E-state index >= 15 is 0 Å². The molecule has 0 fully saturated rings. The van der Waals surface area contributed by atoms with Gasteiger partial charge in [-0.1, -0.05) is 41.6 Å². The highest BCUT2D eigenvalue weighted by Gasteiger charge is 2.29. The second-order valence-electron chi connectivity index (χ2n) is 6.72. The number of carbonyl (C=O) groups excluding carboxylic acids is 2. The summed E-state index contributed by atoms with van der Waals surface area (Å²) >= 11 is 7.67. The van der Waals surface area contributed by atoms with E-state index in [1.54, 1.807) is 18.2 Å². The number of ether oxygens (including phenoxy) is 1. The molecule has 0 bridgehead atoms. The molecule has 32 heavy (non-hydrogen) atoms. The summed E-state index contributed by atoms with van der Waals surface area (Å²) in [6.07, 6.45) is 0. The maximum Gasteiger partial charge on any atom is 0.338 e. The van der Waals surface area contributed by atoms with Gasteiger partial charge in [0.05, 0.1) is 21.8 Å². The van der Waals surface area contributed by atoms with Gasteiger partial charge >= 0.3 is 5.97 Å². The van der Waals surface area contributed by atoms with E-state index in [9.17, 15) is 18.0 Å². The zero-order valence-corrected chi connectivity index (χ0v) is 19.1. The van der Waals surface area contributed by atoms with Crippen LogP contribution < -0.4 is 9.62 Å². The van der Waals surface area contributed by atoms with E-state index in [-0.39, 0.29) is 10.5 Å². The Kier molecular flexibility index (Phi) is 6.25. The van der Waals surface area contributed by atoms with Crippen LogP contribution in [0.4, 0.5) is 11.4 Å². The number of esters is 1. The number of anilines is 2.